The molecule has 2 fully saturated rings. The SMILES string of the molecule is COC[C@]12CCCO[C@@H]1CCN(S(=O)(=O)c1c(C)nn(C)c1C)C2. The number of aryl methyl sites for hydroxylation is 2. The topological polar surface area (TPSA) is 73.7 Å². The molecule has 7 nitrogen and oxygen atoms in total. The smallest absolute Gasteiger partial charge is 0.246 e. The van der Waals surface area contributed by atoms with Crippen LogP contribution >= 0.6 is 0 Å². The second kappa shape index (κ2) is 6.40. The van der Waals surface area contributed by atoms with Gasteiger partial charge in [-0.15, -0.1) is 0 Å². The molecule has 0 N–H and O–H groups in total. The number of hydrogen-bond donors (Lipinski definition) is 0. The number of hydrogen-bond acceptors (Lipinski definition) is 5. The number of fused-ring (bicyclic) bond motifs is 1. The van der Waals surface area contributed by atoms with Gasteiger partial charge in [0.2, 0.25) is 10.0 Å². The third-order valence-electron chi connectivity index (χ3n) is 5.43. The molecule has 2 aliphatic heterocycles. The molecule has 0 bridgehead atoms. The Kier molecular flexibility index (Phi) is 4.76. The lowest BCUT2D eigenvalue weighted by atomic mass is 9.73. The zero-order chi connectivity index (χ0) is 17.5. The second-order valence-corrected chi connectivity index (χ2v) is 8.88. The number of aromatic nitrogens is 2. The Bertz CT molecular complexity index is 711. The van der Waals surface area contributed by atoms with Gasteiger partial charge in [-0.25, -0.2) is 8.42 Å². The van der Waals surface area contributed by atoms with Gasteiger partial charge < -0.3 is 9.47 Å². The van der Waals surface area contributed by atoms with Crippen molar-refractivity contribution in [2.45, 2.75) is 44.1 Å². The molecule has 8 heteroatoms. The molecule has 2 saturated heterocycles. The quantitative estimate of drug-likeness (QED) is 0.811. The molecule has 0 unspecified atom stereocenters. The van der Waals surface area contributed by atoms with E-state index in [0.29, 0.717) is 42.4 Å². The Hall–Kier alpha value is -0.960. The minimum Gasteiger partial charge on any atom is -0.384 e. The largest absolute Gasteiger partial charge is 0.384 e. The number of nitrogens with zero attached hydrogens (tertiary/aromatic N) is 3. The molecular weight excluding hydrogens is 330 g/mol. The molecule has 0 aromatic carbocycles. The van der Waals surface area contributed by atoms with Gasteiger partial charge >= 0.3 is 0 Å². The summed E-state index contributed by atoms with van der Waals surface area (Å²) in [5, 5.41) is 4.27. The molecule has 1 aromatic heterocycles. The van der Waals surface area contributed by atoms with Gasteiger partial charge in [0.05, 0.1) is 24.1 Å². The summed E-state index contributed by atoms with van der Waals surface area (Å²) in [6.45, 7) is 5.75. The van der Waals surface area contributed by atoms with Gasteiger partial charge in [0, 0.05) is 39.3 Å². The van der Waals surface area contributed by atoms with Crippen LogP contribution in [0.15, 0.2) is 4.90 Å². The van der Waals surface area contributed by atoms with Crippen molar-refractivity contribution in [1.29, 1.82) is 0 Å². The number of sulfonamides is 1. The van der Waals surface area contributed by atoms with Crippen LogP contribution in [0, 0.1) is 19.3 Å². The van der Waals surface area contributed by atoms with Crippen LogP contribution in [0.5, 0.6) is 0 Å². The highest BCUT2D eigenvalue weighted by atomic mass is 32.2. The summed E-state index contributed by atoms with van der Waals surface area (Å²) in [7, 11) is -0.128. The molecule has 2 atom stereocenters. The van der Waals surface area contributed by atoms with Crippen molar-refractivity contribution in [3.63, 3.8) is 0 Å². The van der Waals surface area contributed by atoms with E-state index in [4.69, 9.17) is 9.47 Å². The standard InChI is InChI=1S/C16H27N3O4S/c1-12-15(13(2)18(3)17-12)24(20,21)19-8-6-14-16(10-19,11-22-4)7-5-9-23-14/h14H,5-11H2,1-4H3/t14-,16-/m1/s1. The van der Waals surface area contributed by atoms with Crippen LogP contribution in [0.1, 0.15) is 30.7 Å². The van der Waals surface area contributed by atoms with Gasteiger partial charge in [0.1, 0.15) is 4.90 Å². The number of piperidine rings is 1. The summed E-state index contributed by atoms with van der Waals surface area (Å²) in [6.07, 6.45) is 2.66. The fourth-order valence-corrected chi connectivity index (χ4v) is 6.16. The maximum absolute atomic E-state index is 13.3. The van der Waals surface area contributed by atoms with Crippen LogP contribution in [-0.2, 0) is 26.5 Å². The Morgan fingerprint density at radius 2 is 2.17 bits per heavy atom. The van der Waals surface area contributed by atoms with Gasteiger partial charge in [-0.1, -0.05) is 0 Å². The Morgan fingerprint density at radius 1 is 1.42 bits per heavy atom. The lowest BCUT2D eigenvalue weighted by molar-refractivity contribution is -0.137. The monoisotopic (exact) mass is 357 g/mol. The summed E-state index contributed by atoms with van der Waals surface area (Å²) in [6, 6.07) is 0. The van der Waals surface area contributed by atoms with Crippen molar-refractivity contribution in [3.8, 4) is 0 Å². The van der Waals surface area contributed by atoms with Crippen LogP contribution in [0.25, 0.3) is 0 Å². The lowest BCUT2D eigenvalue weighted by Gasteiger charge is -2.49. The van der Waals surface area contributed by atoms with E-state index in [9.17, 15) is 8.42 Å². The lowest BCUT2D eigenvalue weighted by Crippen LogP contribution is -2.57. The molecule has 0 saturated carbocycles. The second-order valence-electron chi connectivity index (χ2n) is 7.01. The van der Waals surface area contributed by atoms with Gasteiger partial charge in [0.25, 0.3) is 0 Å². The molecule has 0 radical (unpaired) electrons. The fraction of sp³-hybridized carbons (Fsp3) is 0.812. The first kappa shape index (κ1) is 17.8. The Labute approximate surface area is 144 Å². The maximum Gasteiger partial charge on any atom is 0.246 e. The molecule has 0 spiro atoms. The molecule has 136 valence electrons. The van der Waals surface area contributed by atoms with Crippen LogP contribution in [-0.4, -0.2) is 62.0 Å². The third-order valence-corrected chi connectivity index (χ3v) is 7.52. The van der Waals surface area contributed by atoms with Gasteiger partial charge in [-0.05, 0) is 33.1 Å². The average molecular weight is 357 g/mol. The van der Waals surface area contributed by atoms with Crippen molar-refractivity contribution in [2.75, 3.05) is 33.4 Å². The highest BCUT2D eigenvalue weighted by Crippen LogP contribution is 2.42. The predicted molar refractivity (Wildman–Crippen MR) is 89.3 cm³/mol. The van der Waals surface area contributed by atoms with Crippen LogP contribution in [0.3, 0.4) is 0 Å². The first-order chi connectivity index (χ1) is 11.3. The molecule has 0 amide bonds. The fourth-order valence-electron chi connectivity index (χ4n) is 4.21. The van der Waals surface area contributed by atoms with Crippen molar-refractivity contribution in [1.82, 2.24) is 14.1 Å². The van der Waals surface area contributed by atoms with Crippen LogP contribution in [0.2, 0.25) is 0 Å². The molecule has 1 aromatic rings. The van der Waals surface area contributed by atoms with E-state index in [1.807, 2.05) is 0 Å². The first-order valence-electron chi connectivity index (χ1n) is 8.43. The van der Waals surface area contributed by atoms with E-state index in [2.05, 4.69) is 5.10 Å². The molecular formula is C16H27N3O4S. The maximum atomic E-state index is 13.3. The zero-order valence-electron chi connectivity index (χ0n) is 14.9. The van der Waals surface area contributed by atoms with Crippen molar-refractivity contribution in [3.05, 3.63) is 11.4 Å². The summed E-state index contributed by atoms with van der Waals surface area (Å²) in [5.41, 5.74) is 0.982. The Balaban J connectivity index is 1.94. The predicted octanol–water partition coefficient (Wildman–Crippen LogP) is 1.24. The summed E-state index contributed by atoms with van der Waals surface area (Å²) in [5.74, 6) is 0. The van der Waals surface area contributed by atoms with E-state index in [1.54, 1.807) is 37.0 Å². The summed E-state index contributed by atoms with van der Waals surface area (Å²) in [4.78, 5) is 0.341. The zero-order valence-corrected chi connectivity index (χ0v) is 15.7. The first-order valence-corrected chi connectivity index (χ1v) is 9.87. The number of rotatable bonds is 4. The van der Waals surface area contributed by atoms with Crippen LogP contribution < -0.4 is 0 Å². The number of ether oxygens (including phenoxy) is 2. The minimum atomic E-state index is -3.57. The highest BCUT2D eigenvalue weighted by molar-refractivity contribution is 7.89. The molecule has 3 heterocycles. The normalized spacial score (nSPS) is 28.8. The van der Waals surface area contributed by atoms with Gasteiger partial charge in [0.15, 0.2) is 0 Å². The van der Waals surface area contributed by atoms with Gasteiger partial charge in [-0.2, -0.15) is 9.40 Å². The van der Waals surface area contributed by atoms with Crippen molar-refractivity contribution in [2.24, 2.45) is 12.5 Å². The van der Waals surface area contributed by atoms with E-state index in [1.165, 1.54) is 0 Å². The average Bonchev–Trinajstić information content (AvgIpc) is 2.79. The summed E-state index contributed by atoms with van der Waals surface area (Å²) < 4.78 is 41.1. The molecule has 3 rings (SSSR count). The van der Waals surface area contributed by atoms with E-state index >= 15 is 0 Å². The van der Waals surface area contributed by atoms with E-state index < -0.39 is 10.0 Å². The minimum absolute atomic E-state index is 0.0775. The van der Waals surface area contributed by atoms with Crippen molar-refractivity contribution >= 4 is 10.0 Å². The summed E-state index contributed by atoms with van der Waals surface area (Å²) >= 11 is 0. The van der Waals surface area contributed by atoms with E-state index in [0.717, 1.165) is 19.4 Å². The molecule has 0 aliphatic carbocycles. The number of methoxy groups -OCH3 is 1. The van der Waals surface area contributed by atoms with Crippen LogP contribution in [0.4, 0.5) is 0 Å². The van der Waals surface area contributed by atoms with E-state index in [-0.39, 0.29) is 11.5 Å². The highest BCUT2D eigenvalue weighted by Gasteiger charge is 2.49. The molecule has 24 heavy (non-hydrogen) atoms. The Morgan fingerprint density at radius 3 is 2.79 bits per heavy atom. The van der Waals surface area contributed by atoms with Gasteiger partial charge in [-0.3, -0.25) is 4.68 Å². The van der Waals surface area contributed by atoms with Crippen molar-refractivity contribution < 1.29 is 17.9 Å². The molecule has 2 aliphatic rings. The third kappa shape index (κ3) is 2.79.